The lowest BCUT2D eigenvalue weighted by Gasteiger charge is -2.16. The second-order valence-electron chi connectivity index (χ2n) is 5.74. The van der Waals surface area contributed by atoms with Gasteiger partial charge in [-0.25, -0.2) is 0 Å². The molecule has 1 aromatic carbocycles. The number of nitrogens with one attached hydrogen (secondary N) is 2. The maximum atomic E-state index is 11.9. The van der Waals surface area contributed by atoms with E-state index in [0.29, 0.717) is 11.6 Å². The fourth-order valence-electron chi connectivity index (χ4n) is 2.71. The van der Waals surface area contributed by atoms with Gasteiger partial charge in [-0.2, -0.15) is 0 Å². The van der Waals surface area contributed by atoms with Crippen LogP contribution in [-0.2, 0) is 4.79 Å². The smallest absolute Gasteiger partial charge is 0.239 e. The van der Waals surface area contributed by atoms with Crippen LogP contribution in [0, 0.1) is 0 Å². The third-order valence-corrected chi connectivity index (χ3v) is 3.96. The van der Waals surface area contributed by atoms with E-state index >= 15 is 0 Å². The standard InChI is InChI=1S/C17H24N2O2/c1-13(20)14-8-10-15(11-9-14)18-12-17(21)19-16-6-4-2-3-5-7-16/h8-11,16,18H,2-7,12H2,1H3,(H,19,21). The molecule has 1 amide bonds. The van der Waals surface area contributed by atoms with Crippen LogP contribution in [-0.4, -0.2) is 24.3 Å². The van der Waals surface area contributed by atoms with Crippen LogP contribution in [0.3, 0.4) is 0 Å². The van der Waals surface area contributed by atoms with Crippen LogP contribution < -0.4 is 10.6 Å². The lowest BCUT2D eigenvalue weighted by atomic mass is 10.1. The highest BCUT2D eigenvalue weighted by Crippen LogP contribution is 2.17. The molecule has 1 saturated carbocycles. The van der Waals surface area contributed by atoms with E-state index in [0.717, 1.165) is 18.5 Å². The molecular formula is C17H24N2O2. The van der Waals surface area contributed by atoms with Gasteiger partial charge in [-0.3, -0.25) is 9.59 Å². The molecule has 1 aromatic rings. The minimum atomic E-state index is 0.0394. The second kappa shape index (κ2) is 7.81. The van der Waals surface area contributed by atoms with Crippen LogP contribution in [0.5, 0.6) is 0 Å². The lowest BCUT2D eigenvalue weighted by molar-refractivity contribution is -0.120. The van der Waals surface area contributed by atoms with Gasteiger partial charge in [0, 0.05) is 17.3 Å². The topological polar surface area (TPSA) is 58.2 Å². The quantitative estimate of drug-likeness (QED) is 0.646. The fourth-order valence-corrected chi connectivity index (χ4v) is 2.71. The van der Waals surface area contributed by atoms with Crippen LogP contribution >= 0.6 is 0 Å². The Hall–Kier alpha value is -1.84. The van der Waals surface area contributed by atoms with Gasteiger partial charge in [-0.05, 0) is 44.0 Å². The van der Waals surface area contributed by atoms with Gasteiger partial charge < -0.3 is 10.6 Å². The summed E-state index contributed by atoms with van der Waals surface area (Å²) in [6.45, 7) is 1.82. The summed E-state index contributed by atoms with van der Waals surface area (Å²) in [5, 5.41) is 6.20. The van der Waals surface area contributed by atoms with Gasteiger partial charge in [-0.1, -0.05) is 25.7 Å². The third-order valence-electron chi connectivity index (χ3n) is 3.96. The summed E-state index contributed by atoms with van der Waals surface area (Å²) in [4.78, 5) is 23.1. The predicted molar refractivity (Wildman–Crippen MR) is 84.6 cm³/mol. The van der Waals surface area contributed by atoms with Gasteiger partial charge >= 0.3 is 0 Å². The van der Waals surface area contributed by atoms with Crippen LogP contribution in [0.4, 0.5) is 5.69 Å². The highest BCUT2D eigenvalue weighted by Gasteiger charge is 2.14. The summed E-state index contributed by atoms with van der Waals surface area (Å²) in [7, 11) is 0. The van der Waals surface area contributed by atoms with Crippen molar-refractivity contribution in [3.05, 3.63) is 29.8 Å². The van der Waals surface area contributed by atoms with E-state index in [9.17, 15) is 9.59 Å². The first-order valence-corrected chi connectivity index (χ1v) is 7.79. The number of hydrogen-bond donors (Lipinski definition) is 2. The number of amides is 1. The average Bonchev–Trinajstić information content (AvgIpc) is 2.74. The summed E-state index contributed by atoms with van der Waals surface area (Å²) in [5.41, 5.74) is 1.54. The molecule has 2 rings (SSSR count). The minimum absolute atomic E-state index is 0.0394. The molecule has 0 spiro atoms. The molecule has 1 aliphatic carbocycles. The van der Waals surface area contributed by atoms with E-state index in [4.69, 9.17) is 0 Å². The fraction of sp³-hybridized carbons (Fsp3) is 0.529. The van der Waals surface area contributed by atoms with Crippen molar-refractivity contribution in [2.75, 3.05) is 11.9 Å². The van der Waals surface area contributed by atoms with Gasteiger partial charge in [-0.15, -0.1) is 0 Å². The first-order valence-electron chi connectivity index (χ1n) is 7.79. The molecule has 114 valence electrons. The Labute approximate surface area is 126 Å². The number of hydrogen-bond acceptors (Lipinski definition) is 3. The molecule has 0 aliphatic heterocycles. The second-order valence-corrected chi connectivity index (χ2v) is 5.74. The number of carbonyl (C=O) groups excluding carboxylic acids is 2. The van der Waals surface area contributed by atoms with Gasteiger partial charge in [0.25, 0.3) is 0 Å². The molecule has 0 aromatic heterocycles. The Bertz CT molecular complexity index is 474. The van der Waals surface area contributed by atoms with Crippen molar-refractivity contribution < 1.29 is 9.59 Å². The Morgan fingerprint density at radius 1 is 1.05 bits per heavy atom. The highest BCUT2D eigenvalue weighted by atomic mass is 16.2. The minimum Gasteiger partial charge on any atom is -0.376 e. The summed E-state index contributed by atoms with van der Waals surface area (Å²) >= 11 is 0. The van der Waals surface area contributed by atoms with Crippen LogP contribution in [0.1, 0.15) is 55.8 Å². The van der Waals surface area contributed by atoms with E-state index in [1.807, 2.05) is 12.1 Å². The zero-order valence-corrected chi connectivity index (χ0v) is 12.7. The van der Waals surface area contributed by atoms with E-state index < -0.39 is 0 Å². The zero-order chi connectivity index (χ0) is 15.1. The van der Waals surface area contributed by atoms with E-state index in [-0.39, 0.29) is 18.2 Å². The SMILES string of the molecule is CC(=O)c1ccc(NCC(=O)NC2CCCCCC2)cc1. The van der Waals surface area contributed by atoms with Gasteiger partial charge in [0.2, 0.25) is 5.91 Å². The van der Waals surface area contributed by atoms with E-state index in [2.05, 4.69) is 10.6 Å². The number of anilines is 1. The van der Waals surface area contributed by atoms with Crippen molar-refractivity contribution >= 4 is 17.4 Å². The van der Waals surface area contributed by atoms with E-state index in [1.54, 1.807) is 19.1 Å². The molecule has 21 heavy (non-hydrogen) atoms. The summed E-state index contributed by atoms with van der Waals surface area (Å²) < 4.78 is 0. The molecule has 0 atom stereocenters. The molecule has 0 heterocycles. The molecule has 2 N–H and O–H groups in total. The lowest BCUT2D eigenvalue weighted by Crippen LogP contribution is -2.38. The Morgan fingerprint density at radius 2 is 1.67 bits per heavy atom. The van der Waals surface area contributed by atoms with E-state index in [1.165, 1.54) is 25.7 Å². The molecule has 4 heteroatoms. The maximum absolute atomic E-state index is 11.9. The average molecular weight is 288 g/mol. The van der Waals surface area contributed by atoms with Crippen molar-refractivity contribution in [3.8, 4) is 0 Å². The molecule has 4 nitrogen and oxygen atoms in total. The number of carbonyl (C=O) groups is 2. The number of ketones is 1. The summed E-state index contributed by atoms with van der Waals surface area (Å²) in [6, 6.07) is 7.54. The van der Waals surface area contributed by atoms with Gasteiger partial charge in [0.05, 0.1) is 6.54 Å². The first kappa shape index (κ1) is 15.5. The largest absolute Gasteiger partial charge is 0.376 e. The monoisotopic (exact) mass is 288 g/mol. The first-order chi connectivity index (χ1) is 10.1. The number of benzene rings is 1. The number of rotatable bonds is 5. The van der Waals surface area contributed by atoms with Crippen molar-refractivity contribution in [1.82, 2.24) is 5.32 Å². The molecule has 0 bridgehead atoms. The predicted octanol–water partition coefficient (Wildman–Crippen LogP) is 3.14. The molecular weight excluding hydrogens is 264 g/mol. The van der Waals surface area contributed by atoms with Crippen molar-refractivity contribution in [2.24, 2.45) is 0 Å². The summed E-state index contributed by atoms with van der Waals surface area (Å²) in [6.07, 6.45) is 7.19. The zero-order valence-electron chi connectivity index (χ0n) is 12.7. The molecule has 0 saturated heterocycles. The van der Waals surface area contributed by atoms with Crippen molar-refractivity contribution in [3.63, 3.8) is 0 Å². The van der Waals surface area contributed by atoms with Crippen LogP contribution in [0.25, 0.3) is 0 Å². The normalized spacial score (nSPS) is 16.0. The van der Waals surface area contributed by atoms with Crippen molar-refractivity contribution in [1.29, 1.82) is 0 Å². The Morgan fingerprint density at radius 3 is 2.24 bits per heavy atom. The van der Waals surface area contributed by atoms with Crippen molar-refractivity contribution in [2.45, 2.75) is 51.5 Å². The van der Waals surface area contributed by atoms with Gasteiger partial charge in [0.15, 0.2) is 5.78 Å². The molecule has 0 radical (unpaired) electrons. The van der Waals surface area contributed by atoms with Crippen LogP contribution in [0.15, 0.2) is 24.3 Å². The van der Waals surface area contributed by atoms with Crippen LogP contribution in [0.2, 0.25) is 0 Å². The third kappa shape index (κ3) is 5.21. The Balaban J connectivity index is 1.76. The molecule has 0 unspecified atom stereocenters. The van der Waals surface area contributed by atoms with Gasteiger partial charge in [0.1, 0.15) is 0 Å². The maximum Gasteiger partial charge on any atom is 0.239 e. The molecule has 1 fully saturated rings. The number of Topliss-reactive ketones (excluding diaryl/α,β-unsaturated/α-hetero) is 1. The molecule has 1 aliphatic rings. The summed E-state index contributed by atoms with van der Waals surface area (Å²) in [5.74, 6) is 0.0881. The highest BCUT2D eigenvalue weighted by molar-refractivity contribution is 5.94. The Kier molecular flexibility index (Phi) is 5.78.